The Morgan fingerprint density at radius 1 is 1.17 bits per heavy atom. The number of oxime groups is 1. The van der Waals surface area contributed by atoms with Crippen LogP contribution in [-0.4, -0.2) is 39.9 Å². The summed E-state index contributed by atoms with van der Waals surface area (Å²) in [6.45, 7) is 9.52. The van der Waals surface area contributed by atoms with Gasteiger partial charge in [0.1, 0.15) is 17.2 Å². The molecule has 2 aromatic rings. The van der Waals surface area contributed by atoms with Crippen molar-refractivity contribution in [3.8, 4) is 0 Å². The van der Waals surface area contributed by atoms with Crippen LogP contribution in [0.1, 0.15) is 50.5 Å². The highest BCUT2D eigenvalue weighted by Crippen LogP contribution is 2.20. The normalized spacial score (nSPS) is 12.0. The van der Waals surface area contributed by atoms with Crippen LogP contribution in [0.5, 0.6) is 0 Å². The van der Waals surface area contributed by atoms with E-state index in [9.17, 15) is 19.2 Å². The lowest BCUT2D eigenvalue weighted by molar-refractivity contribution is 0.0575. The summed E-state index contributed by atoms with van der Waals surface area (Å²) in [6.07, 6.45) is 0.832. The highest BCUT2D eigenvalue weighted by molar-refractivity contribution is 6.51. The first-order valence-electron chi connectivity index (χ1n) is 9.51. The maximum Gasteiger partial charge on any atom is 0.416 e. The third-order valence-corrected chi connectivity index (χ3v) is 3.88. The van der Waals surface area contributed by atoms with E-state index in [1.54, 1.807) is 20.8 Å². The molecule has 1 N–H and O–H groups in total. The average Bonchev–Trinajstić information content (AvgIpc) is 2.66. The van der Waals surface area contributed by atoms with Gasteiger partial charge in [0.15, 0.2) is 5.71 Å². The van der Waals surface area contributed by atoms with Gasteiger partial charge in [-0.05, 0) is 63.1 Å². The second-order valence-corrected chi connectivity index (χ2v) is 8.17. The maximum atomic E-state index is 13.1. The first-order chi connectivity index (χ1) is 14.0. The number of carbonyl (C=O) groups excluding carboxylic acids is 2. The number of rotatable bonds is 6. The Kier molecular flexibility index (Phi) is 7.26. The molecule has 8 heteroatoms. The topological polar surface area (TPSA) is 92.1 Å². The highest BCUT2D eigenvalue weighted by atomic mass is 19.1. The van der Waals surface area contributed by atoms with E-state index in [1.807, 2.05) is 13.8 Å². The number of pyridine rings is 1. The van der Waals surface area contributed by atoms with Gasteiger partial charge >= 0.3 is 6.09 Å². The molecule has 0 bridgehead atoms. The van der Waals surface area contributed by atoms with Crippen molar-refractivity contribution >= 4 is 23.4 Å². The van der Waals surface area contributed by atoms with Gasteiger partial charge in [-0.3, -0.25) is 9.69 Å². The van der Waals surface area contributed by atoms with Crippen LogP contribution in [-0.2, 0) is 4.74 Å². The summed E-state index contributed by atoms with van der Waals surface area (Å²) in [5.74, 6) is -0.706. The molecular weight excluding hydrogens is 389 g/mol. The van der Waals surface area contributed by atoms with Crippen LogP contribution >= 0.6 is 0 Å². The quantitative estimate of drug-likeness (QED) is 0.320. The second-order valence-electron chi connectivity index (χ2n) is 8.17. The van der Waals surface area contributed by atoms with Gasteiger partial charge in [0.25, 0.3) is 0 Å². The van der Waals surface area contributed by atoms with Crippen molar-refractivity contribution in [1.82, 2.24) is 4.98 Å². The minimum atomic E-state index is -0.694. The fraction of sp³-hybridized carbons (Fsp3) is 0.364. The molecule has 0 saturated carbocycles. The fourth-order valence-electron chi connectivity index (χ4n) is 2.63. The molecule has 160 valence electrons. The summed E-state index contributed by atoms with van der Waals surface area (Å²) in [5.41, 5.74) is -0.526. The third kappa shape index (κ3) is 6.10. The largest absolute Gasteiger partial charge is 0.443 e. The molecule has 0 spiro atoms. The van der Waals surface area contributed by atoms with Crippen molar-refractivity contribution in [2.75, 3.05) is 11.4 Å². The fourth-order valence-corrected chi connectivity index (χ4v) is 2.63. The van der Waals surface area contributed by atoms with Crippen molar-refractivity contribution in [2.24, 2.45) is 11.1 Å². The Bertz CT molecular complexity index is 934. The standard InChI is InChI=1S/C22H26FN3O4/c1-14(2)13-26(21(28)30-22(3,4)5)18-12-16(10-11-24-18)19(25-29)20(27)15-6-8-17(23)9-7-15/h6-12,14,29H,13H2,1-5H3/b25-19+. The van der Waals surface area contributed by atoms with Crippen molar-refractivity contribution in [1.29, 1.82) is 0 Å². The van der Waals surface area contributed by atoms with Gasteiger partial charge in [-0.1, -0.05) is 19.0 Å². The van der Waals surface area contributed by atoms with E-state index >= 15 is 0 Å². The zero-order valence-electron chi connectivity index (χ0n) is 17.7. The molecule has 0 unspecified atom stereocenters. The number of amides is 1. The lowest BCUT2D eigenvalue weighted by Crippen LogP contribution is -2.39. The van der Waals surface area contributed by atoms with Gasteiger partial charge in [-0.25, -0.2) is 14.2 Å². The zero-order chi connectivity index (χ0) is 22.5. The number of ether oxygens (including phenoxy) is 1. The minimum Gasteiger partial charge on any atom is -0.443 e. The Labute approximate surface area is 175 Å². The monoisotopic (exact) mass is 415 g/mol. The first-order valence-corrected chi connectivity index (χ1v) is 9.51. The lowest BCUT2D eigenvalue weighted by atomic mass is 10.0. The van der Waals surface area contributed by atoms with Crippen LogP contribution in [0.4, 0.5) is 15.0 Å². The molecule has 7 nitrogen and oxygen atoms in total. The SMILES string of the molecule is CC(C)CN(C(=O)OC(C)(C)C)c1cc(/C(=N\O)C(=O)c2ccc(F)cc2)ccn1. The molecule has 1 heterocycles. The molecule has 0 atom stereocenters. The van der Waals surface area contributed by atoms with Crippen molar-refractivity contribution in [3.05, 3.63) is 59.5 Å². The molecular formula is C22H26FN3O4. The number of ketones is 1. The Balaban J connectivity index is 2.40. The van der Waals surface area contributed by atoms with Crippen molar-refractivity contribution < 1.29 is 23.9 Å². The molecule has 0 aliphatic rings. The van der Waals surface area contributed by atoms with E-state index in [0.717, 1.165) is 12.1 Å². The molecule has 0 aliphatic carbocycles. The maximum absolute atomic E-state index is 13.1. The van der Waals surface area contributed by atoms with Crippen LogP contribution in [0, 0.1) is 11.7 Å². The smallest absolute Gasteiger partial charge is 0.416 e. The summed E-state index contributed by atoms with van der Waals surface area (Å²) in [4.78, 5) is 31.0. The number of carbonyl (C=O) groups is 2. The van der Waals surface area contributed by atoms with E-state index in [0.29, 0.717) is 6.54 Å². The van der Waals surface area contributed by atoms with Crippen LogP contribution in [0.2, 0.25) is 0 Å². The number of nitrogens with zero attached hydrogens (tertiary/aromatic N) is 3. The molecule has 2 rings (SSSR count). The van der Waals surface area contributed by atoms with Gasteiger partial charge in [0, 0.05) is 23.9 Å². The number of benzene rings is 1. The lowest BCUT2D eigenvalue weighted by Gasteiger charge is -2.28. The number of halogens is 1. The predicted molar refractivity (Wildman–Crippen MR) is 112 cm³/mol. The van der Waals surface area contributed by atoms with Crippen LogP contribution in [0.15, 0.2) is 47.8 Å². The van der Waals surface area contributed by atoms with E-state index < -0.39 is 23.3 Å². The summed E-state index contributed by atoms with van der Waals surface area (Å²) >= 11 is 0. The van der Waals surface area contributed by atoms with Crippen LogP contribution in [0.3, 0.4) is 0 Å². The van der Waals surface area contributed by atoms with Crippen molar-refractivity contribution in [2.45, 2.75) is 40.2 Å². The van der Waals surface area contributed by atoms with Gasteiger partial charge in [-0.15, -0.1) is 0 Å². The van der Waals surface area contributed by atoms with E-state index in [2.05, 4.69) is 10.1 Å². The van der Waals surface area contributed by atoms with Crippen molar-refractivity contribution in [3.63, 3.8) is 0 Å². The van der Waals surface area contributed by atoms with E-state index in [-0.39, 0.29) is 28.6 Å². The summed E-state index contributed by atoms with van der Waals surface area (Å²) in [5, 5.41) is 12.6. The zero-order valence-corrected chi connectivity index (χ0v) is 17.7. The first kappa shape index (κ1) is 23.0. The predicted octanol–water partition coefficient (Wildman–Crippen LogP) is 4.68. The molecule has 1 aromatic carbocycles. The Morgan fingerprint density at radius 3 is 2.33 bits per heavy atom. The number of aromatic nitrogens is 1. The third-order valence-electron chi connectivity index (χ3n) is 3.88. The average molecular weight is 415 g/mol. The Morgan fingerprint density at radius 2 is 1.80 bits per heavy atom. The van der Waals surface area contributed by atoms with Gasteiger partial charge in [0.05, 0.1) is 0 Å². The molecule has 0 aliphatic heterocycles. The summed E-state index contributed by atoms with van der Waals surface area (Å²) < 4.78 is 18.6. The number of hydrogen-bond donors (Lipinski definition) is 1. The number of Topliss-reactive ketones (excluding diaryl/α,β-unsaturated/α-hetero) is 1. The molecule has 1 aromatic heterocycles. The molecule has 0 fully saturated rings. The molecule has 1 amide bonds. The van der Waals surface area contributed by atoms with Crippen LogP contribution < -0.4 is 4.90 Å². The minimum absolute atomic E-state index is 0.120. The van der Waals surface area contributed by atoms with Crippen LogP contribution in [0.25, 0.3) is 0 Å². The van der Waals surface area contributed by atoms with Gasteiger partial charge in [0.2, 0.25) is 5.78 Å². The molecule has 0 saturated heterocycles. The molecule has 30 heavy (non-hydrogen) atoms. The van der Waals surface area contributed by atoms with Gasteiger partial charge < -0.3 is 9.94 Å². The number of hydrogen-bond acceptors (Lipinski definition) is 6. The van der Waals surface area contributed by atoms with E-state index in [4.69, 9.17) is 4.74 Å². The van der Waals surface area contributed by atoms with Gasteiger partial charge in [-0.2, -0.15) is 0 Å². The molecule has 0 radical (unpaired) electrons. The Hall–Kier alpha value is -3.29. The summed E-state index contributed by atoms with van der Waals surface area (Å²) in [7, 11) is 0. The number of anilines is 1. The van der Waals surface area contributed by atoms with E-state index in [1.165, 1.54) is 35.4 Å². The summed E-state index contributed by atoms with van der Waals surface area (Å²) in [6, 6.07) is 7.86. The second kappa shape index (κ2) is 9.47. The highest BCUT2D eigenvalue weighted by Gasteiger charge is 2.26.